The molecule has 0 aliphatic carbocycles. The standard InChI is InChI=1S/C18H34N6O/c1-3-19-18(20-12-7-9-15-25-4-2)21-13-11-17-23-22-16-10-6-5-8-14-24(16)17/h3-15H2,1-2H3,(H2,19,20,21). The first-order valence-electron chi connectivity index (χ1n) is 9.86. The summed E-state index contributed by atoms with van der Waals surface area (Å²) in [6, 6.07) is 0. The highest BCUT2D eigenvalue weighted by Gasteiger charge is 2.14. The fourth-order valence-electron chi connectivity index (χ4n) is 3.02. The molecular formula is C18H34N6O. The van der Waals surface area contributed by atoms with Crippen LogP contribution in [0.1, 0.15) is 57.6 Å². The van der Waals surface area contributed by atoms with Crippen molar-refractivity contribution in [2.45, 2.75) is 65.3 Å². The maximum atomic E-state index is 5.35. The summed E-state index contributed by atoms with van der Waals surface area (Å²) in [5.41, 5.74) is 0. The van der Waals surface area contributed by atoms with Gasteiger partial charge in [0.15, 0.2) is 5.96 Å². The molecule has 7 heteroatoms. The number of fused-ring (bicyclic) bond motifs is 1. The van der Waals surface area contributed by atoms with Gasteiger partial charge in [-0.05, 0) is 39.5 Å². The quantitative estimate of drug-likeness (QED) is 0.383. The molecule has 0 radical (unpaired) electrons. The van der Waals surface area contributed by atoms with Crippen LogP contribution in [-0.2, 0) is 24.1 Å². The van der Waals surface area contributed by atoms with Crippen LogP contribution in [0.2, 0.25) is 0 Å². The van der Waals surface area contributed by atoms with Crippen LogP contribution in [0, 0.1) is 0 Å². The van der Waals surface area contributed by atoms with E-state index in [4.69, 9.17) is 4.74 Å². The topological polar surface area (TPSA) is 76.4 Å². The Morgan fingerprint density at radius 1 is 1.16 bits per heavy atom. The third-order valence-electron chi connectivity index (χ3n) is 4.34. The maximum absolute atomic E-state index is 5.35. The van der Waals surface area contributed by atoms with E-state index < -0.39 is 0 Å². The summed E-state index contributed by atoms with van der Waals surface area (Å²) < 4.78 is 7.67. The zero-order chi connectivity index (χ0) is 17.7. The van der Waals surface area contributed by atoms with Gasteiger partial charge in [-0.25, -0.2) is 0 Å². The molecule has 1 aliphatic rings. The van der Waals surface area contributed by atoms with Crippen molar-refractivity contribution in [2.75, 3.05) is 32.8 Å². The second-order valence-electron chi connectivity index (χ2n) is 6.34. The molecule has 1 aliphatic heterocycles. The van der Waals surface area contributed by atoms with Gasteiger partial charge in [-0.2, -0.15) is 0 Å². The lowest BCUT2D eigenvalue weighted by molar-refractivity contribution is 0.144. The molecule has 0 atom stereocenters. The number of rotatable bonds is 10. The second kappa shape index (κ2) is 11.8. The monoisotopic (exact) mass is 350 g/mol. The lowest BCUT2D eigenvalue weighted by atomic mass is 10.2. The molecule has 2 heterocycles. The van der Waals surface area contributed by atoms with E-state index in [9.17, 15) is 0 Å². The predicted octanol–water partition coefficient (Wildman–Crippen LogP) is 1.92. The maximum Gasteiger partial charge on any atom is 0.191 e. The Hall–Kier alpha value is -1.63. The Morgan fingerprint density at radius 3 is 2.92 bits per heavy atom. The molecule has 1 aromatic heterocycles. The van der Waals surface area contributed by atoms with Gasteiger partial charge in [-0.15, -0.1) is 10.2 Å². The Morgan fingerprint density at radius 2 is 2.08 bits per heavy atom. The van der Waals surface area contributed by atoms with Crippen LogP contribution in [0.25, 0.3) is 0 Å². The number of aromatic nitrogens is 3. The zero-order valence-electron chi connectivity index (χ0n) is 15.9. The normalized spacial score (nSPS) is 14.9. The van der Waals surface area contributed by atoms with E-state index >= 15 is 0 Å². The minimum absolute atomic E-state index is 0.791. The molecule has 1 aromatic rings. The molecular weight excluding hydrogens is 316 g/mol. The number of nitrogens with zero attached hydrogens (tertiary/aromatic N) is 4. The van der Waals surface area contributed by atoms with Crippen LogP contribution in [0.15, 0.2) is 4.99 Å². The van der Waals surface area contributed by atoms with Gasteiger partial charge in [0.25, 0.3) is 0 Å². The average molecular weight is 351 g/mol. The van der Waals surface area contributed by atoms with Crippen molar-refractivity contribution in [3.8, 4) is 0 Å². The van der Waals surface area contributed by atoms with Gasteiger partial charge < -0.3 is 19.9 Å². The zero-order valence-corrected chi connectivity index (χ0v) is 15.9. The first-order valence-corrected chi connectivity index (χ1v) is 9.86. The molecule has 7 nitrogen and oxygen atoms in total. The van der Waals surface area contributed by atoms with Gasteiger partial charge in [0.2, 0.25) is 0 Å². The molecule has 0 saturated heterocycles. The van der Waals surface area contributed by atoms with Gasteiger partial charge in [-0.3, -0.25) is 4.99 Å². The van der Waals surface area contributed by atoms with Crippen molar-refractivity contribution in [1.29, 1.82) is 0 Å². The van der Waals surface area contributed by atoms with Crippen LogP contribution < -0.4 is 10.6 Å². The molecule has 0 aromatic carbocycles. The SMILES string of the molecule is CCNC(=NCCCCOCC)NCCc1nnc2n1CCCCC2. The average Bonchev–Trinajstić information content (AvgIpc) is 2.85. The molecule has 2 N–H and O–H groups in total. The summed E-state index contributed by atoms with van der Waals surface area (Å²) in [6.07, 6.45) is 7.81. The number of guanidine groups is 1. The first-order chi connectivity index (χ1) is 12.3. The number of ether oxygens (including phenoxy) is 1. The highest BCUT2D eigenvalue weighted by molar-refractivity contribution is 5.79. The second-order valence-corrected chi connectivity index (χ2v) is 6.34. The van der Waals surface area contributed by atoms with Gasteiger partial charge in [0, 0.05) is 52.2 Å². The van der Waals surface area contributed by atoms with E-state index in [1.54, 1.807) is 0 Å². The van der Waals surface area contributed by atoms with E-state index in [-0.39, 0.29) is 0 Å². The lowest BCUT2D eigenvalue weighted by Crippen LogP contribution is -2.38. The molecule has 2 rings (SSSR count). The molecule has 25 heavy (non-hydrogen) atoms. The van der Waals surface area contributed by atoms with Crippen molar-refractivity contribution in [3.63, 3.8) is 0 Å². The predicted molar refractivity (Wildman–Crippen MR) is 101 cm³/mol. The largest absolute Gasteiger partial charge is 0.382 e. The van der Waals surface area contributed by atoms with E-state index in [0.717, 1.165) is 82.7 Å². The highest BCUT2D eigenvalue weighted by Crippen LogP contribution is 2.14. The number of aliphatic imine (C=N–C) groups is 1. The van der Waals surface area contributed by atoms with E-state index in [0.29, 0.717) is 0 Å². The van der Waals surface area contributed by atoms with Crippen LogP contribution in [0.4, 0.5) is 0 Å². The molecule has 0 amide bonds. The summed E-state index contributed by atoms with van der Waals surface area (Å²) in [6.45, 7) is 9.31. The Balaban J connectivity index is 1.74. The Kier molecular flexibility index (Phi) is 9.33. The van der Waals surface area contributed by atoms with Crippen molar-refractivity contribution >= 4 is 5.96 Å². The van der Waals surface area contributed by atoms with Crippen molar-refractivity contribution in [2.24, 2.45) is 4.99 Å². The van der Waals surface area contributed by atoms with Gasteiger partial charge in [-0.1, -0.05) is 6.42 Å². The minimum Gasteiger partial charge on any atom is -0.382 e. The van der Waals surface area contributed by atoms with Crippen LogP contribution >= 0.6 is 0 Å². The third kappa shape index (κ3) is 7.02. The number of unbranched alkanes of at least 4 members (excludes halogenated alkanes) is 1. The van der Waals surface area contributed by atoms with Crippen molar-refractivity contribution in [3.05, 3.63) is 11.6 Å². The highest BCUT2D eigenvalue weighted by atomic mass is 16.5. The molecule has 0 saturated carbocycles. The summed E-state index contributed by atoms with van der Waals surface area (Å²) in [4.78, 5) is 4.63. The first kappa shape index (κ1) is 19.7. The summed E-state index contributed by atoms with van der Waals surface area (Å²) in [5.74, 6) is 3.13. The molecule has 0 fully saturated rings. The van der Waals surface area contributed by atoms with Crippen molar-refractivity contribution < 1.29 is 4.74 Å². The number of aryl methyl sites for hydroxylation is 1. The smallest absolute Gasteiger partial charge is 0.191 e. The lowest BCUT2D eigenvalue weighted by Gasteiger charge is -2.12. The third-order valence-corrected chi connectivity index (χ3v) is 4.34. The molecule has 0 spiro atoms. The number of hydrogen-bond donors (Lipinski definition) is 2. The Labute approximate surface area is 151 Å². The molecule has 142 valence electrons. The number of nitrogens with one attached hydrogen (secondary N) is 2. The summed E-state index contributed by atoms with van der Waals surface area (Å²) in [5, 5.41) is 15.5. The van der Waals surface area contributed by atoms with E-state index in [1.165, 1.54) is 19.3 Å². The van der Waals surface area contributed by atoms with Crippen LogP contribution in [0.3, 0.4) is 0 Å². The summed E-state index contributed by atoms with van der Waals surface area (Å²) in [7, 11) is 0. The van der Waals surface area contributed by atoms with Gasteiger partial charge in [0.1, 0.15) is 11.6 Å². The summed E-state index contributed by atoms with van der Waals surface area (Å²) >= 11 is 0. The molecule has 0 unspecified atom stereocenters. The van der Waals surface area contributed by atoms with E-state index in [1.807, 2.05) is 6.92 Å². The molecule has 0 bridgehead atoms. The fourth-order valence-corrected chi connectivity index (χ4v) is 3.02. The van der Waals surface area contributed by atoms with Crippen LogP contribution in [0.5, 0.6) is 0 Å². The van der Waals surface area contributed by atoms with Crippen LogP contribution in [-0.4, -0.2) is 53.6 Å². The fraction of sp³-hybridized carbons (Fsp3) is 0.833. The minimum atomic E-state index is 0.791. The van der Waals surface area contributed by atoms with Gasteiger partial charge >= 0.3 is 0 Å². The number of hydrogen-bond acceptors (Lipinski definition) is 4. The Bertz CT molecular complexity index is 514. The van der Waals surface area contributed by atoms with Crippen molar-refractivity contribution in [1.82, 2.24) is 25.4 Å². The van der Waals surface area contributed by atoms with Gasteiger partial charge in [0.05, 0.1) is 0 Å². The van der Waals surface area contributed by atoms with E-state index in [2.05, 4.69) is 37.3 Å².